The lowest BCUT2D eigenvalue weighted by molar-refractivity contribution is -0.161. The van der Waals surface area contributed by atoms with Crippen LogP contribution in [0.2, 0.25) is 0 Å². The zero-order valence-electron chi connectivity index (χ0n) is 9.86. The number of hydrogen-bond acceptors (Lipinski definition) is 4. The molecule has 1 aliphatic rings. The van der Waals surface area contributed by atoms with Crippen LogP contribution in [0.3, 0.4) is 0 Å². The molecular weight excluding hydrogens is 212 g/mol. The summed E-state index contributed by atoms with van der Waals surface area (Å²) in [5.41, 5.74) is 0. The highest BCUT2D eigenvalue weighted by molar-refractivity contribution is 5.76. The Morgan fingerprint density at radius 2 is 2.19 bits per heavy atom. The molecule has 0 aromatic carbocycles. The van der Waals surface area contributed by atoms with Gasteiger partial charge in [-0.1, -0.05) is 6.92 Å². The Bertz CT molecular complexity index is 284. The van der Waals surface area contributed by atoms with E-state index in [0.717, 1.165) is 0 Å². The largest absolute Gasteiger partial charge is 0.481 e. The molecule has 0 aromatic rings. The number of aliphatic carboxylic acids is 1. The molecule has 0 aromatic heterocycles. The summed E-state index contributed by atoms with van der Waals surface area (Å²) in [5, 5.41) is 8.54. The molecule has 2 unspecified atom stereocenters. The minimum atomic E-state index is -0.853. The van der Waals surface area contributed by atoms with E-state index < -0.39 is 17.9 Å². The number of carboxylic acid groups (broad SMARTS) is 1. The lowest BCUT2D eigenvalue weighted by Gasteiger charge is -2.16. The average molecular weight is 230 g/mol. The maximum Gasteiger partial charge on any atom is 0.337 e. The number of rotatable bonds is 5. The quantitative estimate of drug-likeness (QED) is 0.725. The first-order valence-corrected chi connectivity index (χ1v) is 5.42. The van der Waals surface area contributed by atoms with Gasteiger partial charge in [-0.05, 0) is 18.8 Å². The van der Waals surface area contributed by atoms with Gasteiger partial charge in [0.1, 0.15) is 0 Å². The van der Waals surface area contributed by atoms with E-state index in [2.05, 4.69) is 0 Å². The first-order valence-electron chi connectivity index (χ1n) is 5.42. The third kappa shape index (κ3) is 3.81. The summed E-state index contributed by atoms with van der Waals surface area (Å²) in [6.45, 7) is 5.28. The van der Waals surface area contributed by atoms with Gasteiger partial charge in [0.25, 0.3) is 0 Å². The highest BCUT2D eigenvalue weighted by Crippen LogP contribution is 2.28. The van der Waals surface area contributed by atoms with Crippen molar-refractivity contribution in [3.63, 3.8) is 0 Å². The van der Waals surface area contributed by atoms with Crippen molar-refractivity contribution >= 4 is 11.9 Å². The van der Waals surface area contributed by atoms with Crippen LogP contribution >= 0.6 is 0 Å². The van der Waals surface area contributed by atoms with Crippen LogP contribution in [0.5, 0.6) is 0 Å². The highest BCUT2D eigenvalue weighted by atomic mass is 16.8. The molecule has 0 amide bonds. The molecule has 0 aliphatic carbocycles. The molecule has 5 nitrogen and oxygen atoms in total. The van der Waals surface area contributed by atoms with Gasteiger partial charge in [0.2, 0.25) is 5.79 Å². The standard InChI is InChI=1S/C11H18O5/c1-7(4-5-9(12)13)6-8-10(14)16-11(2,3)15-8/h7-8H,4-6H2,1-3H3,(H,12,13). The number of carbonyl (C=O) groups is 2. The van der Waals surface area contributed by atoms with Gasteiger partial charge in [-0.15, -0.1) is 0 Å². The van der Waals surface area contributed by atoms with Crippen LogP contribution in [0.4, 0.5) is 0 Å². The first kappa shape index (κ1) is 13.0. The predicted octanol–water partition coefficient (Wildman–Crippen LogP) is 1.56. The van der Waals surface area contributed by atoms with E-state index in [1.165, 1.54) is 0 Å². The molecule has 1 fully saturated rings. The van der Waals surface area contributed by atoms with Crippen molar-refractivity contribution in [2.24, 2.45) is 5.92 Å². The van der Waals surface area contributed by atoms with Crippen LogP contribution in [0.25, 0.3) is 0 Å². The second-order valence-electron chi connectivity index (χ2n) is 4.70. The van der Waals surface area contributed by atoms with Crippen molar-refractivity contribution in [1.82, 2.24) is 0 Å². The fourth-order valence-electron chi connectivity index (χ4n) is 1.72. The Balaban J connectivity index is 2.37. The van der Waals surface area contributed by atoms with Gasteiger partial charge in [0.05, 0.1) is 0 Å². The number of carboxylic acids is 1. The molecular formula is C11H18O5. The second-order valence-corrected chi connectivity index (χ2v) is 4.70. The SMILES string of the molecule is CC(CCC(=O)O)CC1OC(C)(C)OC1=O. The number of esters is 1. The van der Waals surface area contributed by atoms with Crippen LogP contribution in [0.1, 0.15) is 40.0 Å². The summed E-state index contributed by atoms with van der Waals surface area (Å²) < 4.78 is 10.4. The fraction of sp³-hybridized carbons (Fsp3) is 0.818. The Hall–Kier alpha value is -1.10. The van der Waals surface area contributed by atoms with Crippen molar-refractivity contribution in [2.45, 2.75) is 51.9 Å². The Kier molecular flexibility index (Phi) is 3.91. The Morgan fingerprint density at radius 1 is 1.56 bits per heavy atom. The van der Waals surface area contributed by atoms with Gasteiger partial charge in [0.15, 0.2) is 6.10 Å². The van der Waals surface area contributed by atoms with E-state index in [9.17, 15) is 9.59 Å². The first-order chi connectivity index (χ1) is 7.30. The summed E-state index contributed by atoms with van der Waals surface area (Å²) in [4.78, 5) is 21.8. The summed E-state index contributed by atoms with van der Waals surface area (Å²) >= 11 is 0. The van der Waals surface area contributed by atoms with E-state index in [0.29, 0.717) is 12.8 Å². The minimum absolute atomic E-state index is 0.117. The lowest BCUT2D eigenvalue weighted by Crippen LogP contribution is -2.22. The zero-order chi connectivity index (χ0) is 12.3. The normalized spacial score (nSPS) is 25.2. The topological polar surface area (TPSA) is 72.8 Å². The van der Waals surface area contributed by atoms with Gasteiger partial charge in [-0.25, -0.2) is 4.79 Å². The second kappa shape index (κ2) is 4.82. The van der Waals surface area contributed by atoms with Crippen LogP contribution < -0.4 is 0 Å². The number of ether oxygens (including phenoxy) is 2. The maximum atomic E-state index is 11.4. The molecule has 16 heavy (non-hydrogen) atoms. The molecule has 0 saturated carbocycles. The Morgan fingerprint density at radius 3 is 2.62 bits per heavy atom. The molecule has 1 aliphatic heterocycles. The molecule has 92 valence electrons. The van der Waals surface area contributed by atoms with E-state index in [4.69, 9.17) is 14.6 Å². The van der Waals surface area contributed by atoms with Crippen LogP contribution in [-0.4, -0.2) is 28.9 Å². The van der Waals surface area contributed by atoms with Gasteiger partial charge >= 0.3 is 11.9 Å². The van der Waals surface area contributed by atoms with Gasteiger partial charge in [-0.2, -0.15) is 0 Å². The maximum absolute atomic E-state index is 11.4. The molecule has 0 spiro atoms. The van der Waals surface area contributed by atoms with E-state index in [-0.39, 0.29) is 18.3 Å². The van der Waals surface area contributed by atoms with Crippen LogP contribution in [0, 0.1) is 5.92 Å². The van der Waals surface area contributed by atoms with Crippen LogP contribution in [-0.2, 0) is 19.1 Å². The molecule has 5 heteroatoms. The van der Waals surface area contributed by atoms with Crippen molar-refractivity contribution in [2.75, 3.05) is 0 Å². The molecule has 1 heterocycles. The third-order valence-electron chi connectivity index (χ3n) is 2.50. The zero-order valence-corrected chi connectivity index (χ0v) is 9.86. The third-order valence-corrected chi connectivity index (χ3v) is 2.50. The van der Waals surface area contributed by atoms with Gasteiger partial charge < -0.3 is 14.6 Å². The number of cyclic esters (lactones) is 1. The van der Waals surface area contributed by atoms with Crippen molar-refractivity contribution in [1.29, 1.82) is 0 Å². The fourth-order valence-corrected chi connectivity index (χ4v) is 1.72. The summed E-state index contributed by atoms with van der Waals surface area (Å²) in [5.74, 6) is -1.90. The smallest absolute Gasteiger partial charge is 0.337 e. The summed E-state index contributed by atoms with van der Waals surface area (Å²) in [6, 6.07) is 0. The van der Waals surface area contributed by atoms with Crippen molar-refractivity contribution in [3.8, 4) is 0 Å². The van der Waals surface area contributed by atoms with E-state index >= 15 is 0 Å². The van der Waals surface area contributed by atoms with Gasteiger partial charge in [0, 0.05) is 20.3 Å². The molecule has 2 atom stereocenters. The van der Waals surface area contributed by atoms with E-state index in [1.54, 1.807) is 13.8 Å². The molecule has 0 bridgehead atoms. The molecule has 1 saturated heterocycles. The molecule has 1 N–H and O–H groups in total. The number of hydrogen-bond donors (Lipinski definition) is 1. The lowest BCUT2D eigenvalue weighted by atomic mass is 9.98. The highest BCUT2D eigenvalue weighted by Gasteiger charge is 2.41. The Labute approximate surface area is 94.7 Å². The van der Waals surface area contributed by atoms with Crippen LogP contribution in [0.15, 0.2) is 0 Å². The van der Waals surface area contributed by atoms with E-state index in [1.807, 2.05) is 6.92 Å². The van der Waals surface area contributed by atoms with Crippen molar-refractivity contribution < 1.29 is 24.2 Å². The molecule has 0 radical (unpaired) electrons. The van der Waals surface area contributed by atoms with Crippen molar-refractivity contribution in [3.05, 3.63) is 0 Å². The monoisotopic (exact) mass is 230 g/mol. The summed E-state index contributed by atoms with van der Waals surface area (Å²) in [6.07, 6.45) is 0.615. The number of carbonyl (C=O) groups excluding carboxylic acids is 1. The van der Waals surface area contributed by atoms with Gasteiger partial charge in [-0.3, -0.25) is 4.79 Å². The average Bonchev–Trinajstić information content (AvgIpc) is 2.36. The summed E-state index contributed by atoms with van der Waals surface area (Å²) in [7, 11) is 0. The minimum Gasteiger partial charge on any atom is -0.481 e. The predicted molar refractivity (Wildman–Crippen MR) is 55.7 cm³/mol. The molecule has 1 rings (SSSR count).